The van der Waals surface area contributed by atoms with Gasteiger partial charge in [-0.1, -0.05) is 48.5 Å². The van der Waals surface area contributed by atoms with E-state index in [9.17, 15) is 9.59 Å². The van der Waals surface area contributed by atoms with E-state index in [1.807, 2.05) is 54.6 Å². The van der Waals surface area contributed by atoms with E-state index in [1.165, 1.54) is 0 Å². The summed E-state index contributed by atoms with van der Waals surface area (Å²) in [4.78, 5) is 30.2. The van der Waals surface area contributed by atoms with Crippen molar-refractivity contribution >= 4 is 17.6 Å². The molecule has 3 aromatic carbocycles. The molecule has 1 unspecified atom stereocenters. The van der Waals surface area contributed by atoms with E-state index in [0.717, 1.165) is 16.9 Å². The van der Waals surface area contributed by atoms with Crippen LogP contribution in [0.1, 0.15) is 21.5 Å². The van der Waals surface area contributed by atoms with E-state index >= 15 is 0 Å². The summed E-state index contributed by atoms with van der Waals surface area (Å²) in [6.45, 7) is 0.912. The topological polar surface area (TPSA) is 61.9 Å². The number of benzene rings is 3. The summed E-state index contributed by atoms with van der Waals surface area (Å²) in [5.41, 5.74) is 2.09. The molecule has 1 N–H and O–H groups in total. The van der Waals surface area contributed by atoms with Gasteiger partial charge >= 0.3 is 6.03 Å². The Morgan fingerprint density at radius 1 is 0.933 bits per heavy atom. The highest BCUT2D eigenvalue weighted by Gasteiger charge is 2.59. The zero-order chi connectivity index (χ0) is 20.7. The highest BCUT2D eigenvalue weighted by Crippen LogP contribution is 2.49. The zero-order valence-corrected chi connectivity index (χ0v) is 16.5. The van der Waals surface area contributed by atoms with Gasteiger partial charge in [-0.3, -0.25) is 9.69 Å². The third kappa shape index (κ3) is 2.50. The number of ether oxygens (including phenoxy) is 1. The number of methoxy groups -OCH3 is 1. The minimum Gasteiger partial charge on any atom is -0.497 e. The number of nitrogens with zero attached hydrogens (tertiary/aromatic N) is 2. The number of rotatable bonds is 3. The second-order valence-electron chi connectivity index (χ2n) is 7.35. The first-order valence-electron chi connectivity index (χ1n) is 9.86. The Morgan fingerprint density at radius 3 is 2.37 bits per heavy atom. The monoisotopic (exact) mass is 399 g/mol. The molecular weight excluding hydrogens is 378 g/mol. The Labute approximate surface area is 174 Å². The maximum absolute atomic E-state index is 13.5. The largest absolute Gasteiger partial charge is 0.497 e. The van der Waals surface area contributed by atoms with Crippen LogP contribution in [0, 0.1) is 0 Å². The van der Waals surface area contributed by atoms with Gasteiger partial charge in [-0.25, -0.2) is 4.79 Å². The summed E-state index contributed by atoms with van der Waals surface area (Å²) in [5.74, 6) is 0.672. The first kappa shape index (κ1) is 18.2. The van der Waals surface area contributed by atoms with Gasteiger partial charge in [0.1, 0.15) is 5.75 Å². The standard InChI is InChI=1S/C24H21N3O3/c1-30-19-13-11-18(12-14-19)25-23(29)27-16-15-26-22(28)20-9-5-6-10-21(20)24(26,27)17-7-3-2-4-8-17/h2-14H,15-16H2,1H3,(H,25,29). The Bertz CT molecular complexity index is 1110. The Kier molecular flexibility index (Phi) is 4.20. The fourth-order valence-electron chi connectivity index (χ4n) is 4.58. The van der Waals surface area contributed by atoms with Gasteiger partial charge in [-0.15, -0.1) is 0 Å². The second kappa shape index (κ2) is 6.91. The SMILES string of the molecule is COc1ccc(NC(=O)N2CCN3C(=O)c4ccccc4C23c2ccccc2)cc1. The van der Waals surface area contributed by atoms with Gasteiger partial charge in [0.15, 0.2) is 5.66 Å². The quantitative estimate of drug-likeness (QED) is 0.727. The number of anilines is 1. The number of amides is 3. The summed E-state index contributed by atoms with van der Waals surface area (Å²) < 4.78 is 5.19. The van der Waals surface area contributed by atoms with Crippen LogP contribution in [0.4, 0.5) is 10.5 Å². The Morgan fingerprint density at radius 2 is 1.63 bits per heavy atom. The van der Waals surface area contributed by atoms with Crippen molar-refractivity contribution in [1.82, 2.24) is 9.80 Å². The van der Waals surface area contributed by atoms with Gasteiger partial charge in [0.05, 0.1) is 7.11 Å². The van der Waals surface area contributed by atoms with Crippen molar-refractivity contribution in [2.75, 3.05) is 25.5 Å². The van der Waals surface area contributed by atoms with Crippen molar-refractivity contribution in [2.24, 2.45) is 0 Å². The molecule has 3 aromatic rings. The highest BCUT2D eigenvalue weighted by atomic mass is 16.5. The highest BCUT2D eigenvalue weighted by molar-refractivity contribution is 6.03. The van der Waals surface area contributed by atoms with Gasteiger partial charge in [-0.05, 0) is 30.3 Å². The summed E-state index contributed by atoms with van der Waals surface area (Å²) in [6.07, 6.45) is 0. The van der Waals surface area contributed by atoms with E-state index in [-0.39, 0.29) is 11.9 Å². The first-order chi connectivity index (χ1) is 14.7. The molecule has 150 valence electrons. The maximum Gasteiger partial charge on any atom is 0.324 e. The molecule has 6 heteroatoms. The molecule has 1 atom stereocenters. The molecule has 5 rings (SSSR count). The number of carbonyl (C=O) groups excluding carboxylic acids is 2. The van der Waals surface area contributed by atoms with E-state index in [1.54, 1.807) is 41.2 Å². The maximum atomic E-state index is 13.5. The van der Waals surface area contributed by atoms with Crippen molar-refractivity contribution in [2.45, 2.75) is 5.66 Å². The molecule has 0 aromatic heterocycles. The number of urea groups is 1. The first-order valence-corrected chi connectivity index (χ1v) is 9.86. The molecule has 30 heavy (non-hydrogen) atoms. The number of fused-ring (bicyclic) bond motifs is 3. The van der Waals surface area contributed by atoms with Crippen LogP contribution in [0.2, 0.25) is 0 Å². The average molecular weight is 399 g/mol. The molecule has 6 nitrogen and oxygen atoms in total. The molecule has 1 fully saturated rings. The van der Waals surface area contributed by atoms with Crippen LogP contribution >= 0.6 is 0 Å². The van der Waals surface area contributed by atoms with Crippen LogP contribution in [0.5, 0.6) is 5.75 Å². The molecule has 0 aliphatic carbocycles. The molecule has 2 heterocycles. The lowest BCUT2D eigenvalue weighted by molar-refractivity contribution is 0.0560. The summed E-state index contributed by atoms with van der Waals surface area (Å²) >= 11 is 0. The summed E-state index contributed by atoms with van der Waals surface area (Å²) in [7, 11) is 1.60. The van der Waals surface area contributed by atoms with E-state index in [4.69, 9.17) is 4.74 Å². The van der Waals surface area contributed by atoms with Crippen LogP contribution in [0.15, 0.2) is 78.9 Å². The van der Waals surface area contributed by atoms with Crippen LogP contribution < -0.4 is 10.1 Å². The van der Waals surface area contributed by atoms with Crippen molar-refractivity contribution in [1.29, 1.82) is 0 Å². The van der Waals surface area contributed by atoms with Gasteiger partial charge < -0.3 is 15.0 Å². The number of hydrogen-bond donors (Lipinski definition) is 1. The van der Waals surface area contributed by atoms with Crippen LogP contribution in [0.3, 0.4) is 0 Å². The molecule has 0 spiro atoms. The predicted molar refractivity (Wildman–Crippen MR) is 113 cm³/mol. The summed E-state index contributed by atoms with van der Waals surface area (Å²) in [6, 6.07) is 24.2. The van der Waals surface area contributed by atoms with E-state index in [0.29, 0.717) is 24.3 Å². The molecule has 0 radical (unpaired) electrons. The lowest BCUT2D eigenvalue weighted by Gasteiger charge is -2.40. The Balaban J connectivity index is 1.60. The normalized spacial score (nSPS) is 19.4. The zero-order valence-electron chi connectivity index (χ0n) is 16.5. The van der Waals surface area contributed by atoms with E-state index < -0.39 is 5.66 Å². The lowest BCUT2D eigenvalue weighted by Crippen LogP contribution is -2.52. The molecule has 0 bridgehead atoms. The molecule has 0 saturated carbocycles. The molecule has 1 saturated heterocycles. The van der Waals surface area contributed by atoms with Gasteiger partial charge in [0.2, 0.25) is 0 Å². The minimum atomic E-state index is -0.953. The second-order valence-corrected chi connectivity index (χ2v) is 7.35. The smallest absolute Gasteiger partial charge is 0.324 e. The minimum absolute atomic E-state index is 0.0470. The van der Waals surface area contributed by atoms with Crippen molar-refractivity contribution in [3.63, 3.8) is 0 Å². The van der Waals surface area contributed by atoms with Crippen LogP contribution in [0.25, 0.3) is 0 Å². The van der Waals surface area contributed by atoms with Crippen LogP contribution in [-0.2, 0) is 5.66 Å². The number of carbonyl (C=O) groups is 2. The lowest BCUT2D eigenvalue weighted by atomic mass is 9.90. The molecule has 2 aliphatic rings. The molecule has 3 amide bonds. The van der Waals surface area contributed by atoms with Gasteiger partial charge in [-0.2, -0.15) is 0 Å². The van der Waals surface area contributed by atoms with Crippen molar-refractivity contribution in [3.05, 3.63) is 95.6 Å². The molecule has 2 aliphatic heterocycles. The molecular formula is C24H21N3O3. The number of hydrogen-bond acceptors (Lipinski definition) is 3. The van der Waals surface area contributed by atoms with Crippen molar-refractivity contribution < 1.29 is 14.3 Å². The summed E-state index contributed by atoms with van der Waals surface area (Å²) in [5, 5.41) is 2.98. The van der Waals surface area contributed by atoms with Gasteiger partial charge in [0.25, 0.3) is 5.91 Å². The fraction of sp³-hybridized carbons (Fsp3) is 0.167. The third-order valence-corrected chi connectivity index (χ3v) is 5.87. The van der Waals surface area contributed by atoms with Crippen LogP contribution in [-0.4, -0.2) is 41.9 Å². The fourth-order valence-corrected chi connectivity index (χ4v) is 4.58. The number of nitrogens with one attached hydrogen (secondary N) is 1. The Hall–Kier alpha value is -3.80. The third-order valence-electron chi connectivity index (χ3n) is 5.87. The van der Waals surface area contributed by atoms with Crippen molar-refractivity contribution in [3.8, 4) is 5.75 Å². The average Bonchev–Trinajstić information content (AvgIpc) is 3.31. The van der Waals surface area contributed by atoms with E-state index in [2.05, 4.69) is 5.32 Å². The predicted octanol–water partition coefficient (Wildman–Crippen LogP) is 3.90. The van der Waals surface area contributed by atoms with Gasteiger partial charge in [0, 0.05) is 35.5 Å².